The van der Waals surface area contributed by atoms with Gasteiger partial charge in [-0.25, -0.2) is 9.78 Å². The van der Waals surface area contributed by atoms with Crippen LogP contribution in [0.15, 0.2) is 48.5 Å². The van der Waals surface area contributed by atoms with Crippen LogP contribution >= 0.6 is 0 Å². The van der Waals surface area contributed by atoms with Gasteiger partial charge in [-0.05, 0) is 66.3 Å². The minimum Gasteiger partial charge on any atom is -0.455 e. The van der Waals surface area contributed by atoms with Crippen LogP contribution in [0.3, 0.4) is 0 Å². The minimum absolute atomic E-state index is 0.123. The van der Waals surface area contributed by atoms with E-state index in [1.165, 1.54) is 20.1 Å². The number of hydrogen-bond acceptors (Lipinski definition) is 11. The van der Waals surface area contributed by atoms with Gasteiger partial charge in [0.2, 0.25) is 5.79 Å². The molecule has 1 aromatic carbocycles. The summed E-state index contributed by atoms with van der Waals surface area (Å²) < 4.78 is 37.9. The Bertz CT molecular complexity index is 1580. The predicted octanol–water partition coefficient (Wildman–Crippen LogP) is 3.13. The molecule has 254 valence electrons. The second kappa shape index (κ2) is 13.8. The number of nitrogens with zero attached hydrogens (tertiary/aromatic N) is 2. The molecule has 1 fully saturated rings. The number of aliphatic hydroxyl groups excluding tert-OH is 2. The van der Waals surface area contributed by atoms with Crippen LogP contribution < -0.4 is 0 Å². The Hall–Kier alpha value is -3.65. The van der Waals surface area contributed by atoms with Crippen molar-refractivity contribution >= 4 is 24.1 Å². The summed E-state index contributed by atoms with van der Waals surface area (Å²) in [6, 6.07) is 4.14. The molecular weight excluding hydrogens is 608 g/mol. The highest BCUT2D eigenvalue weighted by Crippen LogP contribution is 2.44. The average Bonchev–Trinajstić information content (AvgIpc) is 3.61. The van der Waals surface area contributed by atoms with Crippen molar-refractivity contribution in [1.29, 1.82) is 0 Å². The molecule has 7 atom stereocenters. The molecule has 3 aliphatic heterocycles. The molecular formula is C35H44N2O10. The molecule has 2 aromatic rings. The summed E-state index contributed by atoms with van der Waals surface area (Å²) in [5.74, 6) is -2.50. The van der Waals surface area contributed by atoms with E-state index in [9.17, 15) is 19.8 Å². The van der Waals surface area contributed by atoms with Crippen molar-refractivity contribution in [2.75, 3.05) is 20.3 Å². The molecule has 12 nitrogen and oxygen atoms in total. The highest BCUT2D eigenvalue weighted by atomic mass is 16.7. The fourth-order valence-corrected chi connectivity index (χ4v) is 6.21. The lowest BCUT2D eigenvalue weighted by Gasteiger charge is -2.39. The summed E-state index contributed by atoms with van der Waals surface area (Å²) in [5, 5.41) is 20.8. The number of aryl methyl sites for hydroxylation is 2. The maximum atomic E-state index is 13.2. The second-order valence-corrected chi connectivity index (χ2v) is 12.8. The number of imidazole rings is 1. The Kier molecular flexibility index (Phi) is 10.2. The fraction of sp³-hybridized carbons (Fsp3) is 0.514. The number of carbonyl (C=O) groups excluding carboxylic acids is 2. The van der Waals surface area contributed by atoms with Gasteiger partial charge < -0.3 is 43.2 Å². The first-order chi connectivity index (χ1) is 22.2. The van der Waals surface area contributed by atoms with Crippen molar-refractivity contribution in [3.8, 4) is 0 Å². The van der Waals surface area contributed by atoms with Gasteiger partial charge in [-0.2, -0.15) is 0 Å². The van der Waals surface area contributed by atoms with E-state index in [4.69, 9.17) is 28.4 Å². The summed E-state index contributed by atoms with van der Waals surface area (Å²) in [5.41, 5.74) is 4.02. The highest BCUT2D eigenvalue weighted by Gasteiger charge is 2.52. The number of benzene rings is 1. The average molecular weight is 653 g/mol. The van der Waals surface area contributed by atoms with Crippen molar-refractivity contribution in [3.05, 3.63) is 76.4 Å². The van der Waals surface area contributed by atoms with Gasteiger partial charge in [-0.3, -0.25) is 4.79 Å². The van der Waals surface area contributed by atoms with Crippen LogP contribution in [0.1, 0.15) is 61.6 Å². The highest BCUT2D eigenvalue weighted by molar-refractivity contribution is 5.87. The number of esters is 2. The molecule has 4 heterocycles. The fourth-order valence-electron chi connectivity index (χ4n) is 6.21. The van der Waals surface area contributed by atoms with Crippen LogP contribution in [-0.4, -0.2) is 94.1 Å². The lowest BCUT2D eigenvalue weighted by Crippen LogP contribution is -2.55. The summed E-state index contributed by atoms with van der Waals surface area (Å²) in [4.78, 5) is 29.3. The number of hydrogen-bond donors (Lipinski definition) is 2. The summed E-state index contributed by atoms with van der Waals surface area (Å²) in [6.07, 6.45) is 6.45. The second-order valence-electron chi connectivity index (χ2n) is 12.8. The molecule has 47 heavy (non-hydrogen) atoms. The molecule has 0 aliphatic carbocycles. The molecule has 0 amide bonds. The lowest BCUT2D eigenvalue weighted by atomic mass is 9.84. The van der Waals surface area contributed by atoms with Gasteiger partial charge in [-0.15, -0.1) is 0 Å². The van der Waals surface area contributed by atoms with Crippen LogP contribution in [0.5, 0.6) is 0 Å². The van der Waals surface area contributed by atoms with E-state index in [1.807, 2.05) is 33.0 Å². The smallest absolute Gasteiger partial charge is 0.331 e. The topological polar surface area (TPSA) is 148 Å². The van der Waals surface area contributed by atoms with E-state index in [0.29, 0.717) is 17.7 Å². The molecule has 0 unspecified atom stereocenters. The monoisotopic (exact) mass is 652 g/mol. The number of aliphatic hydroxyl groups is 2. The summed E-state index contributed by atoms with van der Waals surface area (Å²) in [7, 11) is 3.36. The number of ether oxygens (including phenoxy) is 6. The number of aromatic nitrogens is 2. The molecule has 1 aromatic heterocycles. The largest absolute Gasteiger partial charge is 0.455 e. The summed E-state index contributed by atoms with van der Waals surface area (Å²) in [6.45, 7) is 8.92. The molecule has 0 radical (unpaired) electrons. The van der Waals surface area contributed by atoms with E-state index in [2.05, 4.69) is 31.0 Å². The third kappa shape index (κ3) is 7.28. The van der Waals surface area contributed by atoms with Crippen molar-refractivity contribution in [2.45, 2.75) is 89.1 Å². The zero-order chi connectivity index (χ0) is 34.1. The summed E-state index contributed by atoms with van der Waals surface area (Å²) >= 11 is 0. The van der Waals surface area contributed by atoms with Gasteiger partial charge in [0.05, 0.1) is 25.2 Å². The van der Waals surface area contributed by atoms with E-state index in [-0.39, 0.29) is 19.1 Å². The molecule has 3 aliphatic rings. The van der Waals surface area contributed by atoms with E-state index < -0.39 is 54.0 Å². The molecule has 2 N–H and O–H groups in total. The van der Waals surface area contributed by atoms with Crippen molar-refractivity contribution < 1.29 is 48.2 Å². The van der Waals surface area contributed by atoms with E-state index >= 15 is 0 Å². The van der Waals surface area contributed by atoms with Gasteiger partial charge in [-0.1, -0.05) is 26.0 Å². The quantitative estimate of drug-likeness (QED) is 0.234. The van der Waals surface area contributed by atoms with Crippen LogP contribution in [0.4, 0.5) is 0 Å². The van der Waals surface area contributed by atoms with Crippen molar-refractivity contribution in [3.63, 3.8) is 0 Å². The van der Waals surface area contributed by atoms with Gasteiger partial charge in [0.15, 0.2) is 12.4 Å². The maximum absolute atomic E-state index is 13.2. The van der Waals surface area contributed by atoms with Crippen LogP contribution in [0.25, 0.3) is 12.2 Å². The molecule has 5 rings (SSSR count). The first-order valence-electron chi connectivity index (χ1n) is 15.7. The minimum atomic E-state index is -1.44. The normalized spacial score (nSPS) is 31.5. The van der Waals surface area contributed by atoms with Crippen molar-refractivity contribution in [2.24, 2.45) is 7.05 Å². The first kappa shape index (κ1) is 34.7. The molecule has 2 bridgehead atoms. The Morgan fingerprint density at radius 2 is 1.98 bits per heavy atom. The molecule has 12 heteroatoms. The van der Waals surface area contributed by atoms with Gasteiger partial charge in [0.1, 0.15) is 23.9 Å². The lowest BCUT2D eigenvalue weighted by molar-refractivity contribution is -0.277. The predicted molar refractivity (Wildman–Crippen MR) is 171 cm³/mol. The number of rotatable bonds is 9. The number of carbonyl (C=O) groups is 2. The molecule has 1 saturated heterocycles. The van der Waals surface area contributed by atoms with E-state index in [0.717, 1.165) is 22.3 Å². The zero-order valence-electron chi connectivity index (χ0n) is 27.8. The standard InChI is InChI=1S/C35H44N2O10/c1-20(2)25-10-8-21(3)26-15-29(46-30(40)11-9-24-16-37(6)19-36-24)34(5)12-13-35(42-7,47-34)23(14-27(25)26)17-43-33-32(45-22(4)38)31(41)28(39)18-44-33/h8-14,16,19-20,28-29,31-33,39,41H,15,17-18H2,1-7H3/b11-9+,23-14-/t28-,29+,31-,32+,33-,34+,35-/m1/s1. The first-order valence-corrected chi connectivity index (χ1v) is 15.7. The van der Waals surface area contributed by atoms with Crippen LogP contribution in [0.2, 0.25) is 0 Å². The third-order valence-corrected chi connectivity index (χ3v) is 8.86. The van der Waals surface area contributed by atoms with E-state index in [1.54, 1.807) is 29.2 Å². The molecule has 0 spiro atoms. The molecule has 0 saturated carbocycles. The van der Waals surface area contributed by atoms with Gasteiger partial charge in [0.25, 0.3) is 0 Å². The number of methoxy groups -OCH3 is 1. The third-order valence-electron chi connectivity index (χ3n) is 8.86. The van der Waals surface area contributed by atoms with Crippen molar-refractivity contribution in [1.82, 2.24) is 9.55 Å². The van der Waals surface area contributed by atoms with Gasteiger partial charge in [0, 0.05) is 45.3 Å². The SMILES string of the molecule is CO[C@]12C=C[C@](C)(O1)[C@@H](OC(=O)/C=C/c1cn(C)cn1)Cc1c(C)ccc(C(C)C)c1/C=C\2CO[C@@H]1OC[C@@H](O)[C@@H](O)[C@@H]1OC(C)=O. The van der Waals surface area contributed by atoms with Crippen LogP contribution in [-0.2, 0) is 51.5 Å². The Labute approximate surface area is 274 Å². The van der Waals surface area contributed by atoms with Crippen LogP contribution in [0, 0.1) is 6.92 Å². The zero-order valence-corrected chi connectivity index (χ0v) is 27.8. The Balaban J connectivity index is 1.53. The maximum Gasteiger partial charge on any atom is 0.331 e. The number of fused-ring (bicyclic) bond motifs is 3. The van der Waals surface area contributed by atoms with Gasteiger partial charge >= 0.3 is 11.9 Å². The Morgan fingerprint density at radius 1 is 1.21 bits per heavy atom. The Morgan fingerprint density at radius 3 is 2.64 bits per heavy atom.